The van der Waals surface area contributed by atoms with E-state index in [0.29, 0.717) is 0 Å². The van der Waals surface area contributed by atoms with Gasteiger partial charge in [0.15, 0.2) is 0 Å². The van der Waals surface area contributed by atoms with Crippen molar-refractivity contribution >= 4 is 33.2 Å². The summed E-state index contributed by atoms with van der Waals surface area (Å²) in [4.78, 5) is 4.18. The van der Waals surface area contributed by atoms with E-state index in [2.05, 4.69) is 4.98 Å². The number of ether oxygens (including phenoxy) is 1. The molecule has 0 fully saturated rings. The number of benzene rings is 1. The van der Waals surface area contributed by atoms with Crippen molar-refractivity contribution in [1.82, 2.24) is 4.98 Å². The van der Waals surface area contributed by atoms with Crippen LogP contribution in [0.5, 0.6) is 5.75 Å². The monoisotopic (exact) mass is 213 g/mol. The Bertz CT molecular complexity index is 452. The third kappa shape index (κ3) is 1.28. The summed E-state index contributed by atoms with van der Waals surface area (Å²) in [6.45, 7) is 1.94. The molecule has 13 heavy (non-hydrogen) atoms. The Hall–Kier alpha value is -0.800. The zero-order valence-corrected chi connectivity index (χ0v) is 8.87. The van der Waals surface area contributed by atoms with Crippen molar-refractivity contribution in [3.8, 4) is 5.75 Å². The quantitative estimate of drug-likeness (QED) is 0.726. The van der Waals surface area contributed by atoms with Gasteiger partial charge in [0, 0.05) is 11.6 Å². The lowest BCUT2D eigenvalue weighted by atomic mass is 10.2. The lowest BCUT2D eigenvalue weighted by Crippen LogP contribution is -1.87. The van der Waals surface area contributed by atoms with Crippen molar-refractivity contribution in [3.05, 3.63) is 22.2 Å². The normalized spacial score (nSPS) is 10.7. The molecule has 1 aromatic carbocycles. The van der Waals surface area contributed by atoms with Gasteiger partial charge in [0.25, 0.3) is 0 Å². The van der Waals surface area contributed by atoms with Gasteiger partial charge in [-0.1, -0.05) is 11.6 Å². The van der Waals surface area contributed by atoms with Crippen molar-refractivity contribution < 1.29 is 4.74 Å². The van der Waals surface area contributed by atoms with E-state index >= 15 is 0 Å². The molecule has 0 spiro atoms. The van der Waals surface area contributed by atoms with Gasteiger partial charge in [-0.2, -0.15) is 0 Å². The predicted molar refractivity (Wildman–Crippen MR) is 55.9 cm³/mol. The number of halogens is 1. The molecule has 1 aromatic heterocycles. The Morgan fingerprint density at radius 1 is 1.54 bits per heavy atom. The number of nitrogens with zero attached hydrogens (tertiary/aromatic N) is 1. The van der Waals surface area contributed by atoms with E-state index in [1.807, 2.05) is 13.0 Å². The molecule has 0 amide bonds. The van der Waals surface area contributed by atoms with E-state index in [1.54, 1.807) is 24.0 Å². The zero-order valence-electron chi connectivity index (χ0n) is 7.30. The summed E-state index contributed by atoms with van der Waals surface area (Å²) < 4.78 is 6.21. The molecule has 2 aromatic rings. The molecule has 4 heteroatoms. The van der Waals surface area contributed by atoms with E-state index in [9.17, 15) is 0 Å². The Morgan fingerprint density at radius 2 is 2.31 bits per heavy atom. The third-order valence-corrected chi connectivity index (χ3v) is 3.43. The van der Waals surface area contributed by atoms with Crippen LogP contribution in [0.2, 0.25) is 5.02 Å². The maximum absolute atomic E-state index is 6.14. The van der Waals surface area contributed by atoms with Gasteiger partial charge in [0.1, 0.15) is 5.75 Å². The molecule has 0 atom stereocenters. The molecule has 0 saturated carbocycles. The molecule has 0 unspecified atom stereocenters. The second-order valence-electron chi connectivity index (χ2n) is 2.72. The predicted octanol–water partition coefficient (Wildman–Crippen LogP) is 3.27. The number of hydrogen-bond donors (Lipinski definition) is 0. The summed E-state index contributed by atoms with van der Waals surface area (Å²) in [5.41, 5.74) is 3.66. The van der Waals surface area contributed by atoms with Crippen LogP contribution in [0.3, 0.4) is 0 Å². The van der Waals surface area contributed by atoms with Crippen LogP contribution in [-0.4, -0.2) is 12.1 Å². The third-order valence-electron chi connectivity index (χ3n) is 1.98. The molecule has 0 radical (unpaired) electrons. The van der Waals surface area contributed by atoms with E-state index < -0.39 is 0 Å². The maximum atomic E-state index is 6.14. The number of thiazole rings is 1. The van der Waals surface area contributed by atoms with Gasteiger partial charge in [0.2, 0.25) is 0 Å². The van der Waals surface area contributed by atoms with Crippen LogP contribution < -0.4 is 4.74 Å². The molecule has 68 valence electrons. The minimum atomic E-state index is 0.747. The van der Waals surface area contributed by atoms with Gasteiger partial charge < -0.3 is 4.74 Å². The summed E-state index contributed by atoms with van der Waals surface area (Å²) in [5.74, 6) is 0.795. The first-order chi connectivity index (χ1) is 6.24. The second-order valence-corrected chi connectivity index (χ2v) is 3.95. The molecule has 2 rings (SSSR count). The summed E-state index contributed by atoms with van der Waals surface area (Å²) in [7, 11) is 1.64. The minimum Gasteiger partial charge on any atom is -0.496 e. The Morgan fingerprint density at radius 3 is 3.00 bits per heavy atom. The Kier molecular flexibility index (Phi) is 2.14. The first-order valence-corrected chi connectivity index (χ1v) is 5.06. The topological polar surface area (TPSA) is 22.1 Å². The number of hydrogen-bond acceptors (Lipinski definition) is 3. The molecule has 0 aliphatic rings. The molecule has 0 N–H and O–H groups in total. The molecule has 0 aliphatic heterocycles. The largest absolute Gasteiger partial charge is 0.496 e. The second kappa shape index (κ2) is 3.16. The van der Waals surface area contributed by atoms with E-state index in [4.69, 9.17) is 16.3 Å². The Balaban J connectivity index is 2.83. The summed E-state index contributed by atoms with van der Waals surface area (Å²) in [6.07, 6.45) is 0. The molecule has 0 aliphatic carbocycles. The van der Waals surface area contributed by atoms with Crippen molar-refractivity contribution in [2.75, 3.05) is 7.11 Å². The van der Waals surface area contributed by atoms with Crippen LogP contribution in [-0.2, 0) is 0 Å². The van der Waals surface area contributed by atoms with Gasteiger partial charge in [0.05, 0.1) is 27.9 Å². The fraction of sp³-hybridized carbons (Fsp3) is 0.222. The first-order valence-electron chi connectivity index (χ1n) is 3.80. The van der Waals surface area contributed by atoms with Crippen LogP contribution in [0.15, 0.2) is 11.6 Å². The minimum absolute atomic E-state index is 0.747. The molecule has 0 bridgehead atoms. The fourth-order valence-corrected chi connectivity index (χ4v) is 2.33. The van der Waals surface area contributed by atoms with Crippen LogP contribution in [0.4, 0.5) is 0 Å². The smallest absolute Gasteiger partial charge is 0.125 e. The standard InChI is InChI=1S/C9H8ClNOS/c1-5-7(12-2)3-6-9(8(5)10)13-4-11-6/h3-4H,1-2H3. The van der Waals surface area contributed by atoms with Crippen molar-refractivity contribution in [1.29, 1.82) is 0 Å². The number of methoxy groups -OCH3 is 1. The van der Waals surface area contributed by atoms with Crippen molar-refractivity contribution in [2.45, 2.75) is 6.92 Å². The average Bonchev–Trinajstić information content (AvgIpc) is 2.59. The highest BCUT2D eigenvalue weighted by molar-refractivity contribution is 7.17. The number of aromatic nitrogens is 1. The molecule has 1 heterocycles. The van der Waals surface area contributed by atoms with Crippen LogP contribution in [0, 0.1) is 6.92 Å². The molecular weight excluding hydrogens is 206 g/mol. The molecule has 0 saturated heterocycles. The van der Waals surface area contributed by atoms with Crippen LogP contribution in [0.25, 0.3) is 10.2 Å². The summed E-state index contributed by atoms with van der Waals surface area (Å²) in [5, 5.41) is 0.747. The average molecular weight is 214 g/mol. The molecule has 2 nitrogen and oxygen atoms in total. The van der Waals surface area contributed by atoms with E-state index in [1.165, 1.54) is 0 Å². The fourth-order valence-electron chi connectivity index (χ4n) is 1.24. The first kappa shape index (κ1) is 8.78. The lowest BCUT2D eigenvalue weighted by Gasteiger charge is -2.05. The highest BCUT2D eigenvalue weighted by Crippen LogP contribution is 2.35. The van der Waals surface area contributed by atoms with Crippen molar-refractivity contribution in [3.63, 3.8) is 0 Å². The van der Waals surface area contributed by atoms with E-state index in [0.717, 1.165) is 26.6 Å². The summed E-state index contributed by atoms with van der Waals surface area (Å²) in [6, 6.07) is 1.91. The Labute approximate surface area is 85.1 Å². The number of fused-ring (bicyclic) bond motifs is 1. The van der Waals surface area contributed by atoms with Gasteiger partial charge in [-0.25, -0.2) is 4.98 Å². The summed E-state index contributed by atoms with van der Waals surface area (Å²) >= 11 is 7.69. The van der Waals surface area contributed by atoms with Crippen LogP contribution in [0.1, 0.15) is 5.56 Å². The van der Waals surface area contributed by atoms with Crippen molar-refractivity contribution in [2.24, 2.45) is 0 Å². The maximum Gasteiger partial charge on any atom is 0.125 e. The van der Waals surface area contributed by atoms with Gasteiger partial charge in [-0.05, 0) is 6.92 Å². The zero-order chi connectivity index (χ0) is 9.42. The van der Waals surface area contributed by atoms with E-state index in [-0.39, 0.29) is 0 Å². The van der Waals surface area contributed by atoms with Crippen LogP contribution >= 0.6 is 22.9 Å². The van der Waals surface area contributed by atoms with Gasteiger partial charge >= 0.3 is 0 Å². The highest BCUT2D eigenvalue weighted by Gasteiger charge is 2.10. The lowest BCUT2D eigenvalue weighted by molar-refractivity contribution is 0.412. The SMILES string of the molecule is COc1cc2ncsc2c(Cl)c1C. The van der Waals surface area contributed by atoms with Gasteiger partial charge in [-0.15, -0.1) is 11.3 Å². The highest BCUT2D eigenvalue weighted by atomic mass is 35.5. The number of rotatable bonds is 1. The molecular formula is C9H8ClNOS. The van der Waals surface area contributed by atoms with Gasteiger partial charge in [-0.3, -0.25) is 0 Å².